The molecule has 0 bridgehead atoms. The monoisotopic (exact) mass is 427 g/mol. The summed E-state index contributed by atoms with van der Waals surface area (Å²) in [5.74, 6) is -0.240. The molecule has 0 saturated heterocycles. The van der Waals surface area contributed by atoms with Gasteiger partial charge in [-0.15, -0.1) is 0 Å². The third kappa shape index (κ3) is 4.58. The Morgan fingerprint density at radius 2 is 1.69 bits per heavy atom. The number of nitrogens with zero attached hydrogens (tertiary/aromatic N) is 1. The average Bonchev–Trinajstić information content (AvgIpc) is 2.96. The topological polar surface area (TPSA) is 61.4 Å². The molecular formula is C27H29N3O2. The number of carbonyl (C=O) groups excluding carboxylic acids is 2. The minimum absolute atomic E-state index is 0.0746. The predicted molar refractivity (Wildman–Crippen MR) is 128 cm³/mol. The van der Waals surface area contributed by atoms with Crippen molar-refractivity contribution in [1.29, 1.82) is 0 Å². The largest absolute Gasteiger partial charge is 0.343 e. The van der Waals surface area contributed by atoms with Crippen LogP contribution in [0.15, 0.2) is 78.9 Å². The Morgan fingerprint density at radius 3 is 2.47 bits per heavy atom. The molecule has 0 aromatic heterocycles. The van der Waals surface area contributed by atoms with E-state index in [2.05, 4.69) is 41.0 Å². The van der Waals surface area contributed by atoms with Crippen molar-refractivity contribution >= 4 is 17.5 Å². The van der Waals surface area contributed by atoms with Gasteiger partial charge in [-0.05, 0) is 55.1 Å². The van der Waals surface area contributed by atoms with E-state index < -0.39 is 6.04 Å². The van der Waals surface area contributed by atoms with E-state index in [0.29, 0.717) is 13.0 Å². The van der Waals surface area contributed by atoms with E-state index in [-0.39, 0.29) is 17.9 Å². The number of fused-ring (bicyclic) bond motifs is 1. The van der Waals surface area contributed by atoms with Crippen molar-refractivity contribution < 1.29 is 9.59 Å². The van der Waals surface area contributed by atoms with E-state index >= 15 is 0 Å². The Morgan fingerprint density at radius 1 is 1.00 bits per heavy atom. The number of anilines is 1. The predicted octanol–water partition coefficient (Wildman–Crippen LogP) is 3.93. The third-order valence-electron chi connectivity index (χ3n) is 6.12. The van der Waals surface area contributed by atoms with Crippen LogP contribution in [0.1, 0.15) is 24.5 Å². The molecule has 5 nitrogen and oxygen atoms in total. The number of likely N-dealkylation sites (N-methyl/N-ethyl adjacent to an activating group) is 1. The van der Waals surface area contributed by atoms with Crippen LogP contribution in [-0.2, 0) is 22.6 Å². The maximum Gasteiger partial charge on any atom is 0.249 e. The van der Waals surface area contributed by atoms with Gasteiger partial charge in [0.15, 0.2) is 0 Å². The van der Waals surface area contributed by atoms with Gasteiger partial charge < -0.3 is 15.5 Å². The molecule has 2 N–H and O–H groups in total. The summed E-state index contributed by atoms with van der Waals surface area (Å²) in [6, 6.07) is 25.5. The van der Waals surface area contributed by atoms with E-state index in [1.807, 2.05) is 53.4 Å². The average molecular weight is 428 g/mol. The van der Waals surface area contributed by atoms with Crippen LogP contribution in [0.2, 0.25) is 0 Å². The van der Waals surface area contributed by atoms with Gasteiger partial charge in [0.2, 0.25) is 11.8 Å². The van der Waals surface area contributed by atoms with Crippen LogP contribution < -0.4 is 15.5 Å². The summed E-state index contributed by atoms with van der Waals surface area (Å²) in [4.78, 5) is 28.1. The molecule has 5 heteroatoms. The first kappa shape index (κ1) is 21.8. The lowest BCUT2D eigenvalue weighted by molar-refractivity contribution is -0.128. The minimum atomic E-state index is -0.561. The second kappa shape index (κ2) is 9.79. The molecule has 2 atom stereocenters. The van der Waals surface area contributed by atoms with Crippen LogP contribution in [0.25, 0.3) is 11.1 Å². The number of carbonyl (C=O) groups is 2. The fourth-order valence-corrected chi connectivity index (χ4v) is 4.17. The van der Waals surface area contributed by atoms with Crippen LogP contribution in [0, 0.1) is 0 Å². The molecule has 1 aliphatic rings. The van der Waals surface area contributed by atoms with Gasteiger partial charge in [0.25, 0.3) is 0 Å². The SMILES string of the molecule is CN[C@@H](C)C(=O)NC1CCc2ccccc2N(Cc2ccccc2-c2ccccc2)C1=O. The number of hydrogen-bond acceptors (Lipinski definition) is 3. The van der Waals surface area contributed by atoms with E-state index in [0.717, 1.165) is 34.4 Å². The summed E-state index contributed by atoms with van der Waals surface area (Å²) in [5.41, 5.74) is 5.33. The number of para-hydroxylation sites is 1. The molecule has 3 aromatic carbocycles. The van der Waals surface area contributed by atoms with Gasteiger partial charge in [-0.1, -0.05) is 72.8 Å². The summed E-state index contributed by atoms with van der Waals surface area (Å²) in [7, 11) is 1.74. The molecule has 32 heavy (non-hydrogen) atoms. The molecule has 0 spiro atoms. The van der Waals surface area contributed by atoms with E-state index in [1.165, 1.54) is 0 Å². The summed E-state index contributed by atoms with van der Waals surface area (Å²) >= 11 is 0. The number of nitrogens with one attached hydrogen (secondary N) is 2. The molecule has 164 valence electrons. The van der Waals surface area contributed by atoms with Crippen molar-refractivity contribution in [1.82, 2.24) is 10.6 Å². The van der Waals surface area contributed by atoms with Crippen LogP contribution in [0.3, 0.4) is 0 Å². The molecule has 0 radical (unpaired) electrons. The zero-order chi connectivity index (χ0) is 22.5. The Balaban J connectivity index is 1.70. The van der Waals surface area contributed by atoms with Crippen molar-refractivity contribution in [2.24, 2.45) is 0 Å². The summed E-state index contributed by atoms with van der Waals surface area (Å²) < 4.78 is 0. The van der Waals surface area contributed by atoms with Crippen LogP contribution >= 0.6 is 0 Å². The number of rotatable bonds is 6. The second-order valence-corrected chi connectivity index (χ2v) is 8.19. The normalized spacial score (nSPS) is 16.8. The van der Waals surface area contributed by atoms with Crippen molar-refractivity contribution in [2.45, 2.75) is 38.4 Å². The molecule has 3 aromatic rings. The molecular weight excluding hydrogens is 398 g/mol. The second-order valence-electron chi connectivity index (χ2n) is 8.19. The molecule has 1 unspecified atom stereocenters. The highest BCUT2D eigenvalue weighted by atomic mass is 16.2. The van der Waals surface area contributed by atoms with Gasteiger partial charge in [-0.25, -0.2) is 0 Å². The Kier molecular flexibility index (Phi) is 6.66. The first-order valence-corrected chi connectivity index (χ1v) is 11.1. The Hall–Kier alpha value is -3.44. The Bertz CT molecular complexity index is 1100. The van der Waals surface area contributed by atoms with E-state index in [9.17, 15) is 9.59 Å². The maximum atomic E-state index is 13.7. The zero-order valence-electron chi connectivity index (χ0n) is 18.5. The van der Waals surface area contributed by atoms with E-state index in [1.54, 1.807) is 14.0 Å². The quantitative estimate of drug-likeness (QED) is 0.627. The van der Waals surface area contributed by atoms with Gasteiger partial charge in [-0.3, -0.25) is 9.59 Å². The van der Waals surface area contributed by atoms with Crippen LogP contribution in [-0.4, -0.2) is 30.9 Å². The highest BCUT2D eigenvalue weighted by Crippen LogP contribution is 2.31. The van der Waals surface area contributed by atoms with Gasteiger partial charge in [0, 0.05) is 5.69 Å². The number of amides is 2. The summed E-state index contributed by atoms with van der Waals surface area (Å²) in [6.07, 6.45) is 1.31. The fraction of sp³-hybridized carbons (Fsp3) is 0.259. The molecule has 4 rings (SSSR count). The van der Waals surface area contributed by atoms with Crippen molar-refractivity contribution in [2.75, 3.05) is 11.9 Å². The molecule has 0 fully saturated rings. The lowest BCUT2D eigenvalue weighted by Gasteiger charge is -2.28. The summed E-state index contributed by atoms with van der Waals surface area (Å²) in [5, 5.41) is 5.91. The fourth-order valence-electron chi connectivity index (χ4n) is 4.17. The minimum Gasteiger partial charge on any atom is -0.343 e. The Labute approximate surface area is 189 Å². The standard InChI is InChI=1S/C27H29N3O2/c1-19(28-2)26(31)29-24-17-16-21-12-7-9-15-25(21)30(27(24)32)18-22-13-6-8-14-23(22)20-10-4-3-5-11-20/h3-15,19,24,28H,16-18H2,1-2H3,(H,29,31)/t19-,24?/m0/s1. The highest BCUT2D eigenvalue weighted by Gasteiger charge is 2.32. The van der Waals surface area contributed by atoms with Crippen molar-refractivity contribution in [3.63, 3.8) is 0 Å². The van der Waals surface area contributed by atoms with Gasteiger partial charge in [-0.2, -0.15) is 0 Å². The number of aryl methyl sites for hydroxylation is 1. The first-order valence-electron chi connectivity index (χ1n) is 11.1. The molecule has 1 aliphatic heterocycles. The van der Waals surface area contributed by atoms with Gasteiger partial charge in [0.1, 0.15) is 6.04 Å². The van der Waals surface area contributed by atoms with Gasteiger partial charge >= 0.3 is 0 Å². The highest BCUT2D eigenvalue weighted by molar-refractivity contribution is 6.01. The van der Waals surface area contributed by atoms with Crippen LogP contribution in [0.5, 0.6) is 0 Å². The first-order chi connectivity index (χ1) is 15.6. The third-order valence-corrected chi connectivity index (χ3v) is 6.12. The lowest BCUT2D eigenvalue weighted by Crippen LogP contribution is -2.52. The van der Waals surface area contributed by atoms with E-state index in [4.69, 9.17) is 0 Å². The van der Waals surface area contributed by atoms with Crippen molar-refractivity contribution in [3.8, 4) is 11.1 Å². The lowest BCUT2D eigenvalue weighted by atomic mass is 9.99. The van der Waals surface area contributed by atoms with Crippen LogP contribution in [0.4, 0.5) is 5.69 Å². The summed E-state index contributed by atoms with van der Waals surface area (Å²) in [6.45, 7) is 2.23. The molecule has 0 saturated carbocycles. The zero-order valence-corrected chi connectivity index (χ0v) is 18.5. The molecule has 2 amide bonds. The van der Waals surface area contributed by atoms with Crippen molar-refractivity contribution in [3.05, 3.63) is 90.0 Å². The molecule has 0 aliphatic carbocycles. The number of benzene rings is 3. The number of hydrogen-bond donors (Lipinski definition) is 2. The maximum absolute atomic E-state index is 13.7. The van der Waals surface area contributed by atoms with Gasteiger partial charge in [0.05, 0.1) is 12.6 Å². The molecule has 1 heterocycles. The smallest absolute Gasteiger partial charge is 0.249 e.